The Labute approximate surface area is 169 Å². The molecule has 2 aromatic rings. The molecule has 1 fully saturated rings. The van der Waals surface area contributed by atoms with Crippen molar-refractivity contribution in [3.63, 3.8) is 0 Å². The number of nitrogens with one attached hydrogen (secondary N) is 1. The van der Waals surface area contributed by atoms with Crippen LogP contribution in [-0.2, 0) is 21.5 Å². The molecule has 0 spiro atoms. The lowest BCUT2D eigenvalue weighted by Crippen LogP contribution is -2.49. The van der Waals surface area contributed by atoms with Crippen LogP contribution in [-0.4, -0.2) is 38.8 Å². The average Bonchev–Trinajstić information content (AvgIpc) is 2.73. The van der Waals surface area contributed by atoms with E-state index in [1.165, 1.54) is 47.8 Å². The van der Waals surface area contributed by atoms with Gasteiger partial charge in [0.15, 0.2) is 0 Å². The zero-order valence-corrected chi connectivity index (χ0v) is 16.8. The molecular formula is C20H23F2N3O3S. The standard InChI is InChI=1S/C20H23F2N3O3S/c1-24(19-10-8-18(22)9-11-19)29(27,28)25-12-2-3-16(14-25)20(26)23-13-15-4-6-17(21)7-5-15/h4-11,16H,2-3,12-14H2,1H3,(H,23,26). The van der Waals surface area contributed by atoms with Gasteiger partial charge >= 0.3 is 10.2 Å². The summed E-state index contributed by atoms with van der Waals surface area (Å²) in [4.78, 5) is 12.5. The molecule has 1 amide bonds. The predicted molar refractivity (Wildman–Crippen MR) is 106 cm³/mol. The van der Waals surface area contributed by atoms with Gasteiger partial charge in [0.25, 0.3) is 0 Å². The van der Waals surface area contributed by atoms with E-state index in [9.17, 15) is 22.0 Å². The number of hydrogen-bond donors (Lipinski definition) is 1. The fourth-order valence-electron chi connectivity index (χ4n) is 3.26. The smallest absolute Gasteiger partial charge is 0.303 e. The largest absolute Gasteiger partial charge is 0.352 e. The summed E-state index contributed by atoms with van der Waals surface area (Å²) < 4.78 is 54.3. The topological polar surface area (TPSA) is 69.7 Å². The Hall–Kier alpha value is -2.52. The molecule has 1 aliphatic rings. The van der Waals surface area contributed by atoms with Gasteiger partial charge in [-0.15, -0.1) is 0 Å². The van der Waals surface area contributed by atoms with Crippen LogP contribution in [0.25, 0.3) is 0 Å². The first-order valence-corrected chi connectivity index (χ1v) is 10.7. The van der Waals surface area contributed by atoms with E-state index in [0.29, 0.717) is 25.1 Å². The van der Waals surface area contributed by atoms with Gasteiger partial charge in [0.2, 0.25) is 5.91 Å². The summed E-state index contributed by atoms with van der Waals surface area (Å²) in [5.41, 5.74) is 1.10. The van der Waals surface area contributed by atoms with Crippen LogP contribution in [0.1, 0.15) is 18.4 Å². The predicted octanol–water partition coefficient (Wildman–Crippen LogP) is 2.67. The minimum absolute atomic E-state index is 0.0725. The van der Waals surface area contributed by atoms with Crippen molar-refractivity contribution in [3.8, 4) is 0 Å². The summed E-state index contributed by atoms with van der Waals surface area (Å²) in [6.45, 7) is 0.635. The second kappa shape index (κ2) is 8.87. The number of anilines is 1. The van der Waals surface area contributed by atoms with Gasteiger partial charge in [0.05, 0.1) is 11.6 Å². The van der Waals surface area contributed by atoms with Crippen LogP contribution >= 0.6 is 0 Å². The van der Waals surface area contributed by atoms with E-state index >= 15 is 0 Å². The second-order valence-corrected chi connectivity index (χ2v) is 8.95. The molecule has 6 nitrogen and oxygen atoms in total. The third-order valence-corrected chi connectivity index (χ3v) is 6.88. The normalized spacial score (nSPS) is 17.7. The molecular weight excluding hydrogens is 400 g/mol. The van der Waals surface area contributed by atoms with E-state index < -0.39 is 21.9 Å². The van der Waals surface area contributed by atoms with Crippen LogP contribution < -0.4 is 9.62 Å². The zero-order chi connectivity index (χ0) is 21.0. The Morgan fingerprint density at radius 2 is 1.69 bits per heavy atom. The maximum Gasteiger partial charge on any atom is 0.303 e. The number of piperidine rings is 1. The van der Waals surface area contributed by atoms with E-state index in [0.717, 1.165) is 9.87 Å². The summed E-state index contributed by atoms with van der Waals surface area (Å²) in [7, 11) is -2.44. The maximum absolute atomic E-state index is 13.1. The Kier molecular flexibility index (Phi) is 6.49. The first kappa shape index (κ1) is 21.2. The molecule has 0 aliphatic carbocycles. The monoisotopic (exact) mass is 423 g/mol. The van der Waals surface area contributed by atoms with Crippen LogP contribution in [0, 0.1) is 17.6 Å². The molecule has 2 aromatic carbocycles. The zero-order valence-electron chi connectivity index (χ0n) is 16.0. The van der Waals surface area contributed by atoms with E-state index in [4.69, 9.17) is 0 Å². The van der Waals surface area contributed by atoms with Gasteiger partial charge in [0, 0.05) is 26.7 Å². The van der Waals surface area contributed by atoms with Gasteiger partial charge in [-0.2, -0.15) is 12.7 Å². The van der Waals surface area contributed by atoms with Gasteiger partial charge < -0.3 is 5.32 Å². The first-order valence-electron chi connectivity index (χ1n) is 9.29. The summed E-state index contributed by atoms with van der Waals surface area (Å²) in [5.74, 6) is -1.51. The Morgan fingerprint density at radius 3 is 2.31 bits per heavy atom. The van der Waals surface area contributed by atoms with Crippen LogP contribution in [0.2, 0.25) is 0 Å². The van der Waals surface area contributed by atoms with Crippen molar-refractivity contribution in [2.24, 2.45) is 5.92 Å². The van der Waals surface area contributed by atoms with Crippen LogP contribution in [0.15, 0.2) is 48.5 Å². The van der Waals surface area contributed by atoms with Crippen molar-refractivity contribution in [1.29, 1.82) is 0 Å². The lowest BCUT2D eigenvalue weighted by Gasteiger charge is -2.34. The molecule has 1 N–H and O–H groups in total. The maximum atomic E-state index is 13.1. The average molecular weight is 423 g/mol. The molecule has 0 saturated carbocycles. The number of amides is 1. The van der Waals surface area contributed by atoms with Gasteiger partial charge in [-0.3, -0.25) is 9.10 Å². The first-order chi connectivity index (χ1) is 13.8. The highest BCUT2D eigenvalue weighted by atomic mass is 32.2. The Balaban J connectivity index is 1.63. The number of carbonyl (C=O) groups is 1. The summed E-state index contributed by atoms with van der Waals surface area (Å²) in [5, 5.41) is 2.79. The second-order valence-electron chi connectivity index (χ2n) is 6.99. The number of halogens is 2. The number of benzene rings is 2. The van der Waals surface area contributed by atoms with Gasteiger partial charge in [-0.25, -0.2) is 8.78 Å². The van der Waals surface area contributed by atoms with Crippen molar-refractivity contribution in [2.75, 3.05) is 24.4 Å². The molecule has 0 bridgehead atoms. The van der Waals surface area contributed by atoms with E-state index in [1.807, 2.05) is 0 Å². The number of nitrogens with zero attached hydrogens (tertiary/aromatic N) is 2. The van der Waals surface area contributed by atoms with Crippen molar-refractivity contribution in [1.82, 2.24) is 9.62 Å². The summed E-state index contributed by atoms with van der Waals surface area (Å²) >= 11 is 0. The highest BCUT2D eigenvalue weighted by Crippen LogP contribution is 2.24. The molecule has 0 aromatic heterocycles. The van der Waals surface area contributed by atoms with Crippen LogP contribution in [0.4, 0.5) is 14.5 Å². The fourth-order valence-corrected chi connectivity index (χ4v) is 4.72. The van der Waals surface area contributed by atoms with Crippen molar-refractivity contribution < 1.29 is 22.0 Å². The molecule has 1 aliphatic heterocycles. The Bertz CT molecular complexity index is 950. The van der Waals surface area contributed by atoms with Crippen molar-refractivity contribution in [3.05, 3.63) is 65.7 Å². The van der Waals surface area contributed by atoms with Gasteiger partial charge in [-0.1, -0.05) is 12.1 Å². The molecule has 9 heteroatoms. The third kappa shape index (κ3) is 5.10. The SMILES string of the molecule is CN(c1ccc(F)cc1)S(=O)(=O)N1CCCC(C(=O)NCc2ccc(F)cc2)C1. The lowest BCUT2D eigenvalue weighted by atomic mass is 9.99. The molecule has 3 rings (SSSR count). The highest BCUT2D eigenvalue weighted by molar-refractivity contribution is 7.90. The van der Waals surface area contributed by atoms with Crippen LogP contribution in [0.3, 0.4) is 0 Å². The number of hydrogen-bond acceptors (Lipinski definition) is 3. The van der Waals surface area contributed by atoms with Gasteiger partial charge in [0.1, 0.15) is 11.6 Å². The fraction of sp³-hybridized carbons (Fsp3) is 0.350. The summed E-state index contributed by atoms with van der Waals surface area (Å²) in [6, 6.07) is 11.0. The van der Waals surface area contributed by atoms with Gasteiger partial charge in [-0.05, 0) is 54.8 Å². The molecule has 156 valence electrons. The minimum atomic E-state index is -3.84. The molecule has 1 saturated heterocycles. The van der Waals surface area contributed by atoms with Crippen molar-refractivity contribution in [2.45, 2.75) is 19.4 Å². The molecule has 29 heavy (non-hydrogen) atoms. The lowest BCUT2D eigenvalue weighted by molar-refractivity contribution is -0.126. The number of carbonyl (C=O) groups excluding carboxylic acids is 1. The quantitative estimate of drug-likeness (QED) is 0.777. The molecule has 1 heterocycles. The van der Waals surface area contributed by atoms with E-state index in [2.05, 4.69) is 5.32 Å². The molecule has 1 unspecified atom stereocenters. The third-order valence-electron chi connectivity index (χ3n) is 5.00. The highest BCUT2D eigenvalue weighted by Gasteiger charge is 2.34. The Morgan fingerprint density at radius 1 is 1.10 bits per heavy atom. The molecule has 0 radical (unpaired) electrons. The minimum Gasteiger partial charge on any atom is -0.352 e. The van der Waals surface area contributed by atoms with E-state index in [-0.39, 0.29) is 24.8 Å². The van der Waals surface area contributed by atoms with Crippen LogP contribution in [0.5, 0.6) is 0 Å². The molecule has 1 atom stereocenters. The van der Waals surface area contributed by atoms with E-state index in [1.54, 1.807) is 12.1 Å². The number of rotatable bonds is 6. The summed E-state index contributed by atoms with van der Waals surface area (Å²) in [6.07, 6.45) is 1.15. The van der Waals surface area contributed by atoms with Crippen molar-refractivity contribution >= 4 is 21.8 Å².